The van der Waals surface area contributed by atoms with Crippen LogP contribution in [-0.2, 0) is 9.59 Å². The van der Waals surface area contributed by atoms with Crippen molar-refractivity contribution in [2.75, 3.05) is 6.54 Å². The number of carbonyl (C=O) groups excluding carboxylic acids is 3. The van der Waals surface area contributed by atoms with Crippen LogP contribution in [0.15, 0.2) is 0 Å². The molecule has 2 aliphatic rings. The number of rotatable bonds is 5. The second-order valence-corrected chi connectivity index (χ2v) is 6.29. The molecule has 1 saturated heterocycles. The smallest absolute Gasteiger partial charge is 0.325 e. The van der Waals surface area contributed by atoms with Crippen molar-refractivity contribution in [3.05, 3.63) is 0 Å². The first-order valence-corrected chi connectivity index (χ1v) is 8.11. The van der Waals surface area contributed by atoms with Crippen LogP contribution in [0.25, 0.3) is 0 Å². The topological polar surface area (TPSA) is 105 Å². The lowest BCUT2D eigenvalue weighted by Crippen LogP contribution is -2.48. The summed E-state index contributed by atoms with van der Waals surface area (Å²) in [7, 11) is 0. The Morgan fingerprint density at radius 3 is 2.30 bits per heavy atom. The molecular formula is C15H27ClN4O3. The van der Waals surface area contributed by atoms with Gasteiger partial charge in [0.1, 0.15) is 12.1 Å². The molecular weight excluding hydrogens is 320 g/mol. The molecule has 0 unspecified atom stereocenters. The lowest BCUT2D eigenvalue weighted by atomic mass is 9.92. The van der Waals surface area contributed by atoms with E-state index in [9.17, 15) is 14.4 Å². The van der Waals surface area contributed by atoms with E-state index in [-0.39, 0.29) is 42.8 Å². The van der Waals surface area contributed by atoms with Crippen LogP contribution < -0.4 is 16.4 Å². The van der Waals surface area contributed by atoms with Crippen molar-refractivity contribution in [2.45, 2.75) is 70.0 Å². The minimum Gasteiger partial charge on any atom is -0.352 e. The van der Waals surface area contributed by atoms with Crippen molar-refractivity contribution in [1.29, 1.82) is 0 Å². The molecule has 0 spiro atoms. The van der Waals surface area contributed by atoms with Gasteiger partial charge in [-0.1, -0.05) is 13.8 Å². The Hall–Kier alpha value is -1.34. The van der Waals surface area contributed by atoms with E-state index in [2.05, 4.69) is 10.6 Å². The third kappa shape index (κ3) is 4.14. The van der Waals surface area contributed by atoms with Gasteiger partial charge < -0.3 is 16.4 Å². The minimum atomic E-state index is -0.852. The maximum atomic E-state index is 12.4. The lowest BCUT2D eigenvalue weighted by molar-refractivity contribution is -0.135. The number of amides is 4. The number of urea groups is 1. The standard InChI is InChI=1S/C15H26N4O3.ClH/c1-3-15(4-2)13(21)19(14(22)18-15)9-12(20)17-11-7-5-10(16)6-8-11;/h10-11H,3-9,16H2,1-2H3,(H,17,20)(H,18,22);1H. The summed E-state index contributed by atoms with van der Waals surface area (Å²) in [5, 5.41) is 5.62. The molecule has 132 valence electrons. The van der Waals surface area contributed by atoms with Crippen LogP contribution in [0.3, 0.4) is 0 Å². The van der Waals surface area contributed by atoms with E-state index in [4.69, 9.17) is 5.73 Å². The quantitative estimate of drug-likeness (QED) is 0.643. The molecule has 0 bridgehead atoms. The largest absolute Gasteiger partial charge is 0.352 e. The molecule has 0 atom stereocenters. The van der Waals surface area contributed by atoms with Crippen LogP contribution in [-0.4, -0.2) is 46.9 Å². The van der Waals surface area contributed by atoms with Crippen molar-refractivity contribution in [3.8, 4) is 0 Å². The van der Waals surface area contributed by atoms with E-state index < -0.39 is 11.6 Å². The highest BCUT2D eigenvalue weighted by Gasteiger charge is 2.49. The van der Waals surface area contributed by atoms with Gasteiger partial charge in [0.15, 0.2) is 0 Å². The molecule has 2 rings (SSSR count). The maximum Gasteiger partial charge on any atom is 0.325 e. The fraction of sp³-hybridized carbons (Fsp3) is 0.800. The van der Waals surface area contributed by atoms with Crippen molar-refractivity contribution in [1.82, 2.24) is 15.5 Å². The average molecular weight is 347 g/mol. The van der Waals surface area contributed by atoms with E-state index in [1.165, 1.54) is 0 Å². The van der Waals surface area contributed by atoms with Crippen LogP contribution in [0.5, 0.6) is 0 Å². The summed E-state index contributed by atoms with van der Waals surface area (Å²) in [5.74, 6) is -0.588. The number of nitrogens with zero attached hydrogens (tertiary/aromatic N) is 1. The highest BCUT2D eigenvalue weighted by Crippen LogP contribution is 2.24. The molecule has 0 radical (unpaired) electrons. The summed E-state index contributed by atoms with van der Waals surface area (Å²) in [6.07, 6.45) is 4.52. The molecule has 7 nitrogen and oxygen atoms in total. The van der Waals surface area contributed by atoms with Gasteiger partial charge in [0.25, 0.3) is 5.91 Å². The average Bonchev–Trinajstić information content (AvgIpc) is 2.74. The number of imide groups is 1. The van der Waals surface area contributed by atoms with E-state index >= 15 is 0 Å². The van der Waals surface area contributed by atoms with Crippen molar-refractivity contribution in [3.63, 3.8) is 0 Å². The van der Waals surface area contributed by atoms with Crippen LogP contribution in [0.1, 0.15) is 52.4 Å². The highest BCUT2D eigenvalue weighted by atomic mass is 35.5. The minimum absolute atomic E-state index is 0. The second-order valence-electron chi connectivity index (χ2n) is 6.29. The molecule has 1 aliphatic carbocycles. The van der Waals surface area contributed by atoms with Crippen LogP contribution in [0.2, 0.25) is 0 Å². The Morgan fingerprint density at radius 2 is 1.83 bits per heavy atom. The van der Waals surface area contributed by atoms with E-state index in [0.29, 0.717) is 12.8 Å². The fourth-order valence-corrected chi connectivity index (χ4v) is 3.23. The number of nitrogens with two attached hydrogens (primary N) is 1. The number of halogens is 1. The molecule has 0 aromatic carbocycles. The summed E-state index contributed by atoms with van der Waals surface area (Å²) in [6, 6.07) is -0.168. The van der Waals surface area contributed by atoms with Crippen LogP contribution in [0, 0.1) is 0 Å². The van der Waals surface area contributed by atoms with E-state index in [1.54, 1.807) is 0 Å². The lowest BCUT2D eigenvalue weighted by Gasteiger charge is -2.27. The molecule has 1 saturated carbocycles. The van der Waals surface area contributed by atoms with Gasteiger partial charge in [-0.2, -0.15) is 0 Å². The first kappa shape index (κ1) is 19.7. The zero-order valence-electron chi connectivity index (χ0n) is 13.8. The number of nitrogens with one attached hydrogen (secondary N) is 2. The molecule has 2 fully saturated rings. The summed E-state index contributed by atoms with van der Waals surface area (Å²) < 4.78 is 0. The van der Waals surface area contributed by atoms with Gasteiger partial charge in [0.2, 0.25) is 5.91 Å². The van der Waals surface area contributed by atoms with Gasteiger partial charge in [-0.25, -0.2) is 4.79 Å². The third-order valence-electron chi connectivity index (χ3n) is 4.89. The molecule has 0 aromatic rings. The van der Waals surface area contributed by atoms with Gasteiger partial charge >= 0.3 is 6.03 Å². The van der Waals surface area contributed by atoms with Crippen molar-refractivity contribution < 1.29 is 14.4 Å². The highest BCUT2D eigenvalue weighted by molar-refractivity contribution is 6.08. The molecule has 8 heteroatoms. The SMILES string of the molecule is CCC1(CC)NC(=O)N(CC(=O)NC2CCC(N)CC2)C1=O.Cl. The number of carbonyl (C=O) groups is 3. The second kappa shape index (κ2) is 7.97. The summed E-state index contributed by atoms with van der Waals surface area (Å²) in [4.78, 5) is 37.5. The molecule has 1 aliphatic heterocycles. The number of hydrogen-bond donors (Lipinski definition) is 3. The van der Waals surface area contributed by atoms with Crippen LogP contribution in [0.4, 0.5) is 4.79 Å². The number of hydrogen-bond acceptors (Lipinski definition) is 4. The first-order chi connectivity index (χ1) is 10.4. The van der Waals surface area contributed by atoms with E-state index in [1.807, 2.05) is 13.8 Å². The van der Waals surface area contributed by atoms with Crippen molar-refractivity contribution in [2.24, 2.45) is 5.73 Å². The molecule has 4 amide bonds. The fourth-order valence-electron chi connectivity index (χ4n) is 3.23. The molecule has 1 heterocycles. The van der Waals surface area contributed by atoms with Crippen LogP contribution >= 0.6 is 12.4 Å². The maximum absolute atomic E-state index is 12.4. The Balaban J connectivity index is 0.00000264. The predicted molar refractivity (Wildman–Crippen MR) is 89.2 cm³/mol. The summed E-state index contributed by atoms with van der Waals surface area (Å²) in [6.45, 7) is 3.50. The zero-order valence-corrected chi connectivity index (χ0v) is 14.6. The van der Waals surface area contributed by atoms with Gasteiger partial charge in [-0.05, 0) is 38.5 Å². The summed E-state index contributed by atoms with van der Waals surface area (Å²) in [5.41, 5.74) is 4.99. The molecule has 4 N–H and O–H groups in total. The Labute approximate surface area is 143 Å². The predicted octanol–water partition coefficient (Wildman–Crippen LogP) is 0.905. The Bertz CT molecular complexity index is 460. The Kier molecular flexibility index (Phi) is 6.83. The molecule has 23 heavy (non-hydrogen) atoms. The molecule has 0 aromatic heterocycles. The monoisotopic (exact) mass is 346 g/mol. The van der Waals surface area contributed by atoms with Gasteiger partial charge in [-0.15, -0.1) is 12.4 Å². The van der Waals surface area contributed by atoms with Crippen molar-refractivity contribution >= 4 is 30.3 Å². The van der Waals surface area contributed by atoms with Gasteiger partial charge in [-0.3, -0.25) is 14.5 Å². The van der Waals surface area contributed by atoms with E-state index in [0.717, 1.165) is 30.6 Å². The van der Waals surface area contributed by atoms with Gasteiger partial charge in [0.05, 0.1) is 0 Å². The normalized spacial score (nSPS) is 26.5. The van der Waals surface area contributed by atoms with Gasteiger partial charge in [0, 0.05) is 12.1 Å². The first-order valence-electron chi connectivity index (χ1n) is 8.11. The third-order valence-corrected chi connectivity index (χ3v) is 4.89. The Morgan fingerprint density at radius 1 is 1.26 bits per heavy atom. The summed E-state index contributed by atoms with van der Waals surface area (Å²) >= 11 is 0. The zero-order chi connectivity index (χ0) is 16.3.